The van der Waals surface area contributed by atoms with Gasteiger partial charge in [-0.2, -0.15) is 0 Å². The van der Waals surface area contributed by atoms with E-state index >= 15 is 0 Å². The van der Waals surface area contributed by atoms with Gasteiger partial charge in [0.15, 0.2) is 0 Å². The van der Waals surface area contributed by atoms with E-state index in [0.29, 0.717) is 0 Å². The smallest absolute Gasteiger partial charge is 0.0528 e. The monoisotopic (exact) mass is 305 g/mol. The maximum absolute atomic E-state index is 9.09. The summed E-state index contributed by atoms with van der Waals surface area (Å²) in [5, 5.41) is 12.4. The third-order valence-corrected chi connectivity index (χ3v) is 3.23. The van der Waals surface area contributed by atoms with Gasteiger partial charge in [0, 0.05) is 15.8 Å². The molecular formula is C11H16INO. The normalized spacial score (nSPS) is 12.6. The van der Waals surface area contributed by atoms with Crippen LogP contribution in [0.5, 0.6) is 0 Å². The van der Waals surface area contributed by atoms with Crippen molar-refractivity contribution in [2.45, 2.75) is 26.4 Å². The van der Waals surface area contributed by atoms with Crippen LogP contribution in [0.15, 0.2) is 18.2 Å². The average molecular weight is 305 g/mol. The van der Waals surface area contributed by atoms with Crippen LogP contribution in [0.2, 0.25) is 0 Å². The summed E-state index contributed by atoms with van der Waals surface area (Å²) in [6.07, 6.45) is 0.553. The molecule has 0 saturated heterocycles. The molecule has 14 heavy (non-hydrogen) atoms. The number of halogens is 1. The number of benzene rings is 1. The van der Waals surface area contributed by atoms with Crippen LogP contribution < -0.4 is 5.32 Å². The van der Waals surface area contributed by atoms with Gasteiger partial charge in [0.1, 0.15) is 0 Å². The Bertz CT molecular complexity index is 299. The molecule has 2 N–H and O–H groups in total. The van der Waals surface area contributed by atoms with Crippen molar-refractivity contribution in [1.29, 1.82) is 0 Å². The molecule has 0 radical (unpaired) electrons. The lowest BCUT2D eigenvalue weighted by Crippen LogP contribution is -2.09. The van der Waals surface area contributed by atoms with Crippen molar-refractivity contribution >= 4 is 28.3 Å². The Morgan fingerprint density at radius 1 is 1.50 bits per heavy atom. The molecule has 0 aromatic heterocycles. The quantitative estimate of drug-likeness (QED) is 0.839. The minimum absolute atomic E-state index is 0.230. The van der Waals surface area contributed by atoms with Gasteiger partial charge in [-0.1, -0.05) is 6.07 Å². The minimum Gasteiger partial charge on any atom is -0.393 e. The topological polar surface area (TPSA) is 32.3 Å². The largest absolute Gasteiger partial charge is 0.393 e. The van der Waals surface area contributed by atoms with E-state index in [4.69, 9.17) is 5.11 Å². The van der Waals surface area contributed by atoms with Crippen LogP contribution in [0.25, 0.3) is 0 Å². The lowest BCUT2D eigenvalue weighted by molar-refractivity contribution is 0.189. The van der Waals surface area contributed by atoms with E-state index in [-0.39, 0.29) is 6.10 Å². The second-order valence-electron chi connectivity index (χ2n) is 3.53. The Kier molecular flexibility index (Phi) is 4.68. The predicted molar refractivity (Wildman–Crippen MR) is 68.7 cm³/mol. The molecule has 1 aromatic carbocycles. The molecule has 78 valence electrons. The van der Waals surface area contributed by atoms with E-state index in [1.165, 1.54) is 9.13 Å². The molecule has 0 saturated carbocycles. The number of aliphatic hydroxyl groups is 1. The number of hydrogen-bond acceptors (Lipinski definition) is 2. The standard InChI is InChI=1S/C11H16INO/c1-8-3-4-10(7-11(8)12)13-6-5-9(2)14/h3-4,7,9,13-14H,5-6H2,1-2H3. The summed E-state index contributed by atoms with van der Waals surface area (Å²) in [7, 11) is 0. The summed E-state index contributed by atoms with van der Waals surface area (Å²) in [6, 6.07) is 6.30. The molecule has 3 heteroatoms. The summed E-state index contributed by atoms with van der Waals surface area (Å²) in [4.78, 5) is 0. The van der Waals surface area contributed by atoms with Crippen LogP contribution in [0.3, 0.4) is 0 Å². The fourth-order valence-electron chi connectivity index (χ4n) is 1.13. The molecule has 0 bridgehead atoms. The zero-order valence-electron chi connectivity index (χ0n) is 8.55. The first kappa shape index (κ1) is 11.8. The summed E-state index contributed by atoms with van der Waals surface area (Å²) in [5.41, 5.74) is 2.42. The van der Waals surface area contributed by atoms with Gasteiger partial charge in [-0.15, -0.1) is 0 Å². The maximum Gasteiger partial charge on any atom is 0.0528 e. The van der Waals surface area contributed by atoms with E-state index in [9.17, 15) is 0 Å². The zero-order chi connectivity index (χ0) is 10.6. The highest BCUT2D eigenvalue weighted by atomic mass is 127. The van der Waals surface area contributed by atoms with Crippen molar-refractivity contribution in [1.82, 2.24) is 0 Å². The Morgan fingerprint density at radius 2 is 2.21 bits per heavy atom. The fraction of sp³-hybridized carbons (Fsp3) is 0.455. The lowest BCUT2D eigenvalue weighted by atomic mass is 10.2. The number of anilines is 1. The molecule has 0 amide bonds. The van der Waals surface area contributed by atoms with Crippen LogP contribution in [0.1, 0.15) is 18.9 Å². The molecule has 0 aliphatic carbocycles. The summed E-state index contributed by atoms with van der Waals surface area (Å²) < 4.78 is 1.27. The highest BCUT2D eigenvalue weighted by Crippen LogP contribution is 2.16. The third-order valence-electron chi connectivity index (χ3n) is 2.06. The molecule has 0 fully saturated rings. The highest BCUT2D eigenvalue weighted by molar-refractivity contribution is 14.1. The SMILES string of the molecule is Cc1ccc(NCCC(C)O)cc1I. The number of aryl methyl sites for hydroxylation is 1. The molecule has 1 unspecified atom stereocenters. The molecule has 0 aliphatic heterocycles. The second-order valence-corrected chi connectivity index (χ2v) is 4.69. The summed E-state index contributed by atoms with van der Waals surface area (Å²) in [6.45, 7) is 4.72. The molecule has 1 rings (SSSR count). The fourth-order valence-corrected chi connectivity index (χ4v) is 1.64. The first-order valence-corrected chi connectivity index (χ1v) is 5.85. The lowest BCUT2D eigenvalue weighted by Gasteiger charge is -2.09. The highest BCUT2D eigenvalue weighted by Gasteiger charge is 1.98. The number of nitrogens with one attached hydrogen (secondary N) is 1. The number of aliphatic hydroxyl groups excluding tert-OH is 1. The molecular weight excluding hydrogens is 289 g/mol. The van der Waals surface area contributed by atoms with E-state index in [0.717, 1.165) is 18.7 Å². The molecule has 0 aliphatic rings. The van der Waals surface area contributed by atoms with Gasteiger partial charge in [-0.05, 0) is 60.6 Å². The van der Waals surface area contributed by atoms with Crippen molar-refractivity contribution in [3.63, 3.8) is 0 Å². The molecule has 1 aromatic rings. The Labute approximate surface area is 98.9 Å². The van der Waals surface area contributed by atoms with E-state index < -0.39 is 0 Å². The Hall–Kier alpha value is -0.290. The zero-order valence-corrected chi connectivity index (χ0v) is 10.7. The summed E-state index contributed by atoms with van der Waals surface area (Å²) >= 11 is 2.33. The Morgan fingerprint density at radius 3 is 2.79 bits per heavy atom. The van der Waals surface area contributed by atoms with Crippen molar-refractivity contribution < 1.29 is 5.11 Å². The van der Waals surface area contributed by atoms with Crippen molar-refractivity contribution in [3.05, 3.63) is 27.3 Å². The van der Waals surface area contributed by atoms with Crippen LogP contribution in [0, 0.1) is 10.5 Å². The van der Waals surface area contributed by atoms with E-state index in [2.05, 4.69) is 53.0 Å². The predicted octanol–water partition coefficient (Wildman–Crippen LogP) is 2.78. The van der Waals surface area contributed by atoms with Crippen molar-refractivity contribution in [2.75, 3.05) is 11.9 Å². The van der Waals surface area contributed by atoms with Crippen molar-refractivity contribution in [2.24, 2.45) is 0 Å². The van der Waals surface area contributed by atoms with E-state index in [1.54, 1.807) is 6.92 Å². The first-order valence-electron chi connectivity index (χ1n) is 4.77. The third kappa shape index (κ3) is 3.84. The van der Waals surface area contributed by atoms with Gasteiger partial charge in [0.25, 0.3) is 0 Å². The van der Waals surface area contributed by atoms with E-state index in [1.807, 2.05) is 0 Å². The van der Waals surface area contributed by atoms with Crippen LogP contribution in [-0.4, -0.2) is 17.8 Å². The molecule has 0 heterocycles. The van der Waals surface area contributed by atoms with Gasteiger partial charge in [-0.25, -0.2) is 0 Å². The number of rotatable bonds is 4. The minimum atomic E-state index is -0.230. The Balaban J connectivity index is 2.47. The van der Waals surface area contributed by atoms with Gasteiger partial charge in [-0.3, -0.25) is 0 Å². The van der Waals surface area contributed by atoms with Gasteiger partial charge < -0.3 is 10.4 Å². The summed E-state index contributed by atoms with van der Waals surface area (Å²) in [5.74, 6) is 0. The molecule has 0 spiro atoms. The van der Waals surface area contributed by atoms with Crippen LogP contribution >= 0.6 is 22.6 Å². The maximum atomic E-state index is 9.09. The number of hydrogen-bond donors (Lipinski definition) is 2. The average Bonchev–Trinajstić information content (AvgIpc) is 2.10. The van der Waals surface area contributed by atoms with Crippen molar-refractivity contribution in [3.8, 4) is 0 Å². The first-order chi connectivity index (χ1) is 6.59. The molecule has 2 nitrogen and oxygen atoms in total. The van der Waals surface area contributed by atoms with Crippen LogP contribution in [0.4, 0.5) is 5.69 Å². The van der Waals surface area contributed by atoms with Gasteiger partial charge in [0.05, 0.1) is 6.10 Å². The van der Waals surface area contributed by atoms with Gasteiger partial charge in [0.2, 0.25) is 0 Å². The molecule has 1 atom stereocenters. The second kappa shape index (κ2) is 5.56. The van der Waals surface area contributed by atoms with Crippen LogP contribution in [-0.2, 0) is 0 Å². The van der Waals surface area contributed by atoms with Gasteiger partial charge >= 0.3 is 0 Å².